The lowest BCUT2D eigenvalue weighted by Crippen LogP contribution is -2.44. The average Bonchev–Trinajstić information content (AvgIpc) is 2.65. The molecule has 0 saturated heterocycles. The van der Waals surface area contributed by atoms with Gasteiger partial charge < -0.3 is 19.7 Å². The zero-order valence-corrected chi connectivity index (χ0v) is 16.9. The maximum absolute atomic E-state index is 11.7. The molecule has 1 aliphatic rings. The first kappa shape index (κ1) is 20.4. The minimum Gasteiger partial charge on any atom is -0.493 e. The summed E-state index contributed by atoms with van der Waals surface area (Å²) in [7, 11) is 0.258. The van der Waals surface area contributed by atoms with Crippen LogP contribution in [0, 0.1) is 0 Å². The van der Waals surface area contributed by atoms with Crippen molar-refractivity contribution >= 4 is 15.8 Å². The van der Waals surface area contributed by atoms with E-state index in [-0.39, 0.29) is 18.1 Å². The number of sulfone groups is 1. The van der Waals surface area contributed by atoms with Crippen LogP contribution in [0.4, 0.5) is 0 Å². The second-order valence-corrected chi connectivity index (χ2v) is 8.59. The normalized spacial score (nSPS) is 14.8. The molecule has 0 amide bonds. The summed E-state index contributed by atoms with van der Waals surface area (Å²) in [6.07, 6.45) is 0.868. The van der Waals surface area contributed by atoms with E-state index in [2.05, 4.69) is 15.2 Å². The molecule has 2 rings (SSSR count). The third-order valence-electron chi connectivity index (χ3n) is 4.46. The first-order chi connectivity index (χ1) is 12.4. The summed E-state index contributed by atoms with van der Waals surface area (Å²) in [4.78, 5) is 6.66. The molecule has 0 aliphatic carbocycles. The number of hydrogen-bond donors (Lipinski definition) is 1. The molecule has 1 aromatic rings. The molecule has 0 aromatic heterocycles. The summed E-state index contributed by atoms with van der Waals surface area (Å²) in [6.45, 7) is 6.18. The molecule has 0 radical (unpaired) electrons. The summed E-state index contributed by atoms with van der Waals surface area (Å²) >= 11 is 0. The van der Waals surface area contributed by atoms with Crippen LogP contribution in [-0.4, -0.2) is 64.6 Å². The highest BCUT2D eigenvalue weighted by Gasteiger charge is 2.21. The van der Waals surface area contributed by atoms with E-state index < -0.39 is 9.84 Å². The van der Waals surface area contributed by atoms with E-state index in [1.165, 1.54) is 11.1 Å². The van der Waals surface area contributed by atoms with Crippen LogP contribution in [0.25, 0.3) is 0 Å². The van der Waals surface area contributed by atoms with E-state index >= 15 is 0 Å². The molecule has 8 heteroatoms. The molecule has 1 heterocycles. The lowest BCUT2D eigenvalue weighted by atomic mass is 9.99. The van der Waals surface area contributed by atoms with Crippen LogP contribution in [0.15, 0.2) is 17.1 Å². The molecule has 26 heavy (non-hydrogen) atoms. The fourth-order valence-electron chi connectivity index (χ4n) is 2.92. The Morgan fingerprint density at radius 3 is 2.42 bits per heavy atom. The number of methoxy groups -OCH3 is 2. The molecule has 1 N–H and O–H groups in total. The van der Waals surface area contributed by atoms with Gasteiger partial charge in [-0.15, -0.1) is 0 Å². The van der Waals surface area contributed by atoms with Crippen LogP contribution in [0.3, 0.4) is 0 Å². The van der Waals surface area contributed by atoms with Gasteiger partial charge in [-0.05, 0) is 36.6 Å². The minimum absolute atomic E-state index is 0.0772. The maximum atomic E-state index is 11.7. The Morgan fingerprint density at radius 2 is 1.85 bits per heavy atom. The third kappa shape index (κ3) is 5.03. The predicted molar refractivity (Wildman–Crippen MR) is 104 cm³/mol. The fourth-order valence-corrected chi connectivity index (χ4v) is 3.58. The molecule has 0 spiro atoms. The topological polar surface area (TPSA) is 80.2 Å². The van der Waals surface area contributed by atoms with Crippen molar-refractivity contribution < 1.29 is 17.9 Å². The van der Waals surface area contributed by atoms with Gasteiger partial charge in [0.25, 0.3) is 0 Å². The van der Waals surface area contributed by atoms with Crippen LogP contribution in [-0.2, 0) is 22.8 Å². The van der Waals surface area contributed by atoms with Gasteiger partial charge in [-0.25, -0.2) is 8.42 Å². The van der Waals surface area contributed by atoms with Crippen molar-refractivity contribution in [2.45, 2.75) is 26.8 Å². The van der Waals surface area contributed by atoms with Gasteiger partial charge in [0.15, 0.2) is 27.3 Å². The van der Waals surface area contributed by atoms with Crippen molar-refractivity contribution in [3.63, 3.8) is 0 Å². The van der Waals surface area contributed by atoms with Crippen molar-refractivity contribution in [1.82, 2.24) is 10.2 Å². The number of ether oxygens (including phenoxy) is 2. The van der Waals surface area contributed by atoms with Gasteiger partial charge in [-0.2, -0.15) is 0 Å². The maximum Gasteiger partial charge on any atom is 0.194 e. The number of aliphatic imine (C=N–C) groups is 1. The summed E-state index contributed by atoms with van der Waals surface area (Å²) < 4.78 is 34.1. The molecule has 0 unspecified atom stereocenters. The van der Waals surface area contributed by atoms with Crippen LogP contribution < -0.4 is 14.8 Å². The van der Waals surface area contributed by atoms with Crippen LogP contribution in [0.5, 0.6) is 11.5 Å². The first-order valence-electron chi connectivity index (χ1n) is 8.91. The second kappa shape index (κ2) is 9.12. The quantitative estimate of drug-likeness (QED) is 0.567. The highest BCUT2D eigenvalue weighted by atomic mass is 32.2. The van der Waals surface area contributed by atoms with Crippen molar-refractivity contribution in [3.05, 3.63) is 23.3 Å². The monoisotopic (exact) mass is 383 g/mol. The van der Waals surface area contributed by atoms with E-state index in [0.717, 1.165) is 31.2 Å². The number of rotatable bonds is 7. The highest BCUT2D eigenvalue weighted by molar-refractivity contribution is 7.91. The molecule has 7 nitrogen and oxygen atoms in total. The average molecular weight is 384 g/mol. The standard InChI is InChI=1S/C18H29N3O4S/c1-5-19-18(20-8-10-26(22,23)6-2)21-9-7-14-11-16(24-3)17(25-4)12-15(14)13-21/h11-12H,5-10,13H2,1-4H3,(H,19,20). The summed E-state index contributed by atoms with van der Waals surface area (Å²) in [5.74, 6) is 2.43. The summed E-state index contributed by atoms with van der Waals surface area (Å²) in [5, 5.41) is 3.26. The van der Waals surface area contributed by atoms with Crippen molar-refractivity contribution in [1.29, 1.82) is 0 Å². The molecule has 146 valence electrons. The number of benzene rings is 1. The molecule has 0 saturated carbocycles. The minimum atomic E-state index is -3.01. The van der Waals surface area contributed by atoms with Gasteiger partial charge >= 0.3 is 0 Å². The van der Waals surface area contributed by atoms with E-state index in [9.17, 15) is 8.42 Å². The Bertz CT molecular complexity index is 747. The van der Waals surface area contributed by atoms with Crippen LogP contribution in [0.2, 0.25) is 0 Å². The number of fused-ring (bicyclic) bond motifs is 1. The van der Waals surface area contributed by atoms with Gasteiger partial charge in [0.1, 0.15) is 0 Å². The Morgan fingerprint density at radius 1 is 1.19 bits per heavy atom. The van der Waals surface area contributed by atoms with Crippen LogP contribution >= 0.6 is 0 Å². The van der Waals surface area contributed by atoms with Crippen LogP contribution in [0.1, 0.15) is 25.0 Å². The van der Waals surface area contributed by atoms with E-state index in [4.69, 9.17) is 9.47 Å². The van der Waals surface area contributed by atoms with Crippen molar-refractivity contribution in [3.8, 4) is 11.5 Å². The summed E-state index contributed by atoms with van der Waals surface area (Å²) in [5.41, 5.74) is 2.41. The first-order valence-corrected chi connectivity index (χ1v) is 10.7. The smallest absolute Gasteiger partial charge is 0.194 e. The Hall–Kier alpha value is -1.96. The molecule has 1 aromatic carbocycles. The predicted octanol–water partition coefficient (Wildman–Crippen LogP) is 1.46. The lowest BCUT2D eigenvalue weighted by Gasteiger charge is -2.32. The number of guanidine groups is 1. The van der Waals surface area contributed by atoms with Gasteiger partial charge in [-0.3, -0.25) is 4.99 Å². The molecule has 1 aliphatic heterocycles. The van der Waals surface area contributed by atoms with E-state index in [1.807, 2.05) is 19.1 Å². The number of hydrogen-bond acceptors (Lipinski definition) is 5. The largest absolute Gasteiger partial charge is 0.493 e. The SMILES string of the molecule is CCNC(=NCCS(=O)(=O)CC)N1CCc2cc(OC)c(OC)cc2C1. The van der Waals surface area contributed by atoms with Crippen molar-refractivity contribution in [2.75, 3.05) is 45.4 Å². The molecular weight excluding hydrogens is 354 g/mol. The van der Waals surface area contributed by atoms with Gasteiger partial charge in [0.05, 0.1) is 26.5 Å². The van der Waals surface area contributed by atoms with Gasteiger partial charge in [0, 0.05) is 25.4 Å². The van der Waals surface area contributed by atoms with Gasteiger partial charge in [-0.1, -0.05) is 6.92 Å². The molecular formula is C18H29N3O4S. The second-order valence-electron chi connectivity index (χ2n) is 6.12. The zero-order chi connectivity index (χ0) is 19.2. The van der Waals surface area contributed by atoms with Gasteiger partial charge in [0.2, 0.25) is 0 Å². The highest BCUT2D eigenvalue weighted by Crippen LogP contribution is 2.33. The molecule has 0 bridgehead atoms. The Labute approximate surface area is 156 Å². The van der Waals surface area contributed by atoms with E-state index in [1.54, 1.807) is 21.1 Å². The number of nitrogens with zero attached hydrogens (tertiary/aromatic N) is 2. The zero-order valence-electron chi connectivity index (χ0n) is 16.0. The van der Waals surface area contributed by atoms with E-state index in [0.29, 0.717) is 12.3 Å². The number of nitrogens with one attached hydrogen (secondary N) is 1. The molecule has 0 atom stereocenters. The Balaban J connectivity index is 2.17. The summed E-state index contributed by atoms with van der Waals surface area (Å²) in [6, 6.07) is 4.04. The lowest BCUT2D eigenvalue weighted by molar-refractivity contribution is 0.346. The van der Waals surface area contributed by atoms with Crippen molar-refractivity contribution in [2.24, 2.45) is 4.99 Å². The third-order valence-corrected chi connectivity index (χ3v) is 6.14. The Kier molecular flexibility index (Phi) is 7.14. The molecule has 0 fully saturated rings. The fraction of sp³-hybridized carbons (Fsp3) is 0.611.